The van der Waals surface area contributed by atoms with Gasteiger partial charge in [0.05, 0.1) is 18.3 Å². The molecule has 0 saturated carbocycles. The minimum absolute atomic E-state index is 0.0699. The van der Waals surface area contributed by atoms with E-state index in [0.29, 0.717) is 0 Å². The van der Waals surface area contributed by atoms with Gasteiger partial charge in [0.25, 0.3) is 5.91 Å². The van der Waals surface area contributed by atoms with Gasteiger partial charge < -0.3 is 16.0 Å². The Morgan fingerprint density at radius 2 is 2.10 bits per heavy atom. The molecule has 2 amide bonds. The van der Waals surface area contributed by atoms with Gasteiger partial charge in [-0.3, -0.25) is 14.6 Å². The fourth-order valence-electron chi connectivity index (χ4n) is 2.35. The van der Waals surface area contributed by atoms with Gasteiger partial charge in [-0.25, -0.2) is 4.39 Å². The van der Waals surface area contributed by atoms with Crippen LogP contribution in [0.25, 0.3) is 0 Å². The zero-order valence-electron chi connectivity index (χ0n) is 11.0. The number of nitrogens with two attached hydrogens (primary N) is 1. The lowest BCUT2D eigenvalue weighted by Crippen LogP contribution is -2.49. The Balaban J connectivity index is 2.20. The number of rotatable bonds is 4. The van der Waals surface area contributed by atoms with Crippen molar-refractivity contribution >= 4 is 11.8 Å². The van der Waals surface area contributed by atoms with Gasteiger partial charge in [-0.05, 0) is 32.0 Å². The summed E-state index contributed by atoms with van der Waals surface area (Å²) in [6, 6.07) is 1.05. The molecule has 20 heavy (non-hydrogen) atoms. The lowest BCUT2D eigenvalue weighted by Gasteiger charge is -2.33. The standard InChI is InChI=1S/C13H17FN4O2/c14-10-5-9(6-17-7-10)13(20)18(8-12(15)19)11-1-3-16-4-2-11/h5-7,11,16H,1-4,8H2,(H2,15,19). The topological polar surface area (TPSA) is 88.3 Å². The van der Waals surface area contributed by atoms with E-state index in [1.54, 1.807) is 0 Å². The van der Waals surface area contributed by atoms with Crippen LogP contribution in [0.1, 0.15) is 23.2 Å². The molecule has 1 aromatic heterocycles. The number of piperidine rings is 1. The van der Waals surface area contributed by atoms with Crippen LogP contribution in [0.4, 0.5) is 4.39 Å². The molecule has 0 radical (unpaired) electrons. The van der Waals surface area contributed by atoms with E-state index >= 15 is 0 Å². The normalized spacial score (nSPS) is 15.8. The van der Waals surface area contributed by atoms with Gasteiger partial charge in [0.15, 0.2) is 0 Å². The third kappa shape index (κ3) is 3.51. The van der Waals surface area contributed by atoms with Crippen LogP contribution in [0, 0.1) is 5.82 Å². The van der Waals surface area contributed by atoms with Crippen LogP contribution in [0.3, 0.4) is 0 Å². The maximum absolute atomic E-state index is 13.2. The highest BCUT2D eigenvalue weighted by Crippen LogP contribution is 2.15. The van der Waals surface area contributed by atoms with Crippen molar-refractivity contribution in [2.24, 2.45) is 5.73 Å². The van der Waals surface area contributed by atoms with E-state index in [4.69, 9.17) is 5.73 Å². The molecule has 1 aliphatic rings. The molecule has 0 bridgehead atoms. The summed E-state index contributed by atoms with van der Waals surface area (Å²) in [4.78, 5) is 28.7. The van der Waals surface area contributed by atoms with Crippen LogP contribution in [0.15, 0.2) is 18.5 Å². The first-order valence-electron chi connectivity index (χ1n) is 6.48. The first-order valence-corrected chi connectivity index (χ1v) is 6.48. The summed E-state index contributed by atoms with van der Waals surface area (Å²) in [5, 5.41) is 3.18. The predicted molar refractivity (Wildman–Crippen MR) is 70.3 cm³/mol. The summed E-state index contributed by atoms with van der Waals surface area (Å²) in [7, 11) is 0. The molecule has 1 aromatic rings. The van der Waals surface area contributed by atoms with Crippen molar-refractivity contribution < 1.29 is 14.0 Å². The Morgan fingerprint density at radius 1 is 1.40 bits per heavy atom. The van der Waals surface area contributed by atoms with Gasteiger partial charge in [-0.1, -0.05) is 0 Å². The lowest BCUT2D eigenvalue weighted by atomic mass is 10.0. The molecule has 2 rings (SSSR count). The van der Waals surface area contributed by atoms with E-state index in [-0.39, 0.29) is 18.2 Å². The number of nitrogens with one attached hydrogen (secondary N) is 1. The number of pyridine rings is 1. The monoisotopic (exact) mass is 280 g/mol. The highest BCUT2D eigenvalue weighted by Gasteiger charge is 2.27. The Hall–Kier alpha value is -2.02. The first-order chi connectivity index (χ1) is 9.58. The van der Waals surface area contributed by atoms with E-state index in [1.165, 1.54) is 11.1 Å². The Bertz CT molecular complexity index is 503. The SMILES string of the molecule is NC(=O)CN(C(=O)c1cncc(F)c1)C1CCNCC1. The number of amides is 2. The highest BCUT2D eigenvalue weighted by molar-refractivity contribution is 5.96. The fraction of sp³-hybridized carbons (Fsp3) is 0.462. The number of halogens is 1. The molecule has 0 spiro atoms. The summed E-state index contributed by atoms with van der Waals surface area (Å²) in [6.07, 6.45) is 3.80. The van der Waals surface area contributed by atoms with Crippen molar-refractivity contribution in [3.05, 3.63) is 29.8 Å². The van der Waals surface area contributed by atoms with Crippen LogP contribution in [0.2, 0.25) is 0 Å². The smallest absolute Gasteiger partial charge is 0.256 e. The maximum Gasteiger partial charge on any atom is 0.256 e. The van der Waals surface area contributed by atoms with Gasteiger partial charge in [0.2, 0.25) is 5.91 Å². The fourth-order valence-corrected chi connectivity index (χ4v) is 2.35. The second-order valence-corrected chi connectivity index (χ2v) is 4.77. The first kappa shape index (κ1) is 14.4. The molecular weight excluding hydrogens is 263 g/mol. The third-order valence-electron chi connectivity index (χ3n) is 3.29. The van der Waals surface area contributed by atoms with Gasteiger partial charge >= 0.3 is 0 Å². The second-order valence-electron chi connectivity index (χ2n) is 4.77. The molecular formula is C13H17FN4O2. The van der Waals surface area contributed by atoms with E-state index in [9.17, 15) is 14.0 Å². The summed E-state index contributed by atoms with van der Waals surface area (Å²) < 4.78 is 13.2. The molecule has 1 saturated heterocycles. The molecule has 7 heteroatoms. The lowest BCUT2D eigenvalue weighted by molar-refractivity contribution is -0.119. The van der Waals surface area contributed by atoms with Crippen molar-refractivity contribution in [2.45, 2.75) is 18.9 Å². The molecule has 3 N–H and O–H groups in total. The van der Waals surface area contributed by atoms with Gasteiger partial charge in [-0.15, -0.1) is 0 Å². The number of carbonyl (C=O) groups is 2. The number of aromatic nitrogens is 1. The number of carbonyl (C=O) groups excluding carboxylic acids is 2. The van der Waals surface area contributed by atoms with Gasteiger partial charge in [0.1, 0.15) is 5.82 Å². The second kappa shape index (κ2) is 6.42. The Kier molecular flexibility index (Phi) is 4.62. The summed E-state index contributed by atoms with van der Waals surface area (Å²) >= 11 is 0. The summed E-state index contributed by atoms with van der Waals surface area (Å²) in [6.45, 7) is 1.38. The summed E-state index contributed by atoms with van der Waals surface area (Å²) in [5.74, 6) is -1.58. The van der Waals surface area contributed by atoms with Crippen LogP contribution < -0.4 is 11.1 Å². The minimum atomic E-state index is -0.583. The van der Waals surface area contributed by atoms with Crippen LogP contribution in [-0.2, 0) is 4.79 Å². The summed E-state index contributed by atoms with van der Waals surface area (Å²) in [5.41, 5.74) is 5.34. The van der Waals surface area contributed by atoms with Crippen molar-refractivity contribution in [1.82, 2.24) is 15.2 Å². The number of hydrogen-bond acceptors (Lipinski definition) is 4. The molecule has 1 aliphatic heterocycles. The Labute approximate surface area is 116 Å². The quantitative estimate of drug-likeness (QED) is 0.806. The average Bonchev–Trinajstić information content (AvgIpc) is 2.45. The van der Waals surface area contributed by atoms with E-state index in [2.05, 4.69) is 10.3 Å². The minimum Gasteiger partial charge on any atom is -0.368 e. The number of nitrogens with zero attached hydrogens (tertiary/aromatic N) is 2. The van der Waals surface area contributed by atoms with E-state index in [0.717, 1.165) is 38.2 Å². The third-order valence-corrected chi connectivity index (χ3v) is 3.29. The van der Waals surface area contributed by atoms with Crippen LogP contribution >= 0.6 is 0 Å². The van der Waals surface area contributed by atoms with Crippen LogP contribution in [-0.4, -0.2) is 47.4 Å². The zero-order valence-corrected chi connectivity index (χ0v) is 11.0. The molecule has 2 heterocycles. The van der Waals surface area contributed by atoms with E-state index < -0.39 is 17.6 Å². The number of hydrogen-bond donors (Lipinski definition) is 2. The predicted octanol–water partition coefficient (Wildman–Crippen LogP) is -0.0998. The van der Waals surface area contributed by atoms with Crippen molar-refractivity contribution in [2.75, 3.05) is 19.6 Å². The average molecular weight is 280 g/mol. The zero-order chi connectivity index (χ0) is 14.5. The van der Waals surface area contributed by atoms with Gasteiger partial charge in [0, 0.05) is 12.2 Å². The Morgan fingerprint density at radius 3 is 2.70 bits per heavy atom. The molecule has 0 aliphatic carbocycles. The number of primary amides is 1. The highest BCUT2D eigenvalue weighted by atomic mass is 19.1. The molecule has 6 nitrogen and oxygen atoms in total. The molecule has 1 fully saturated rings. The van der Waals surface area contributed by atoms with Crippen LogP contribution in [0.5, 0.6) is 0 Å². The molecule has 108 valence electrons. The van der Waals surface area contributed by atoms with Crippen molar-refractivity contribution in [1.29, 1.82) is 0 Å². The molecule has 0 aromatic carbocycles. The largest absolute Gasteiger partial charge is 0.368 e. The molecule has 0 unspecified atom stereocenters. The maximum atomic E-state index is 13.2. The van der Waals surface area contributed by atoms with E-state index in [1.807, 2.05) is 0 Å². The van der Waals surface area contributed by atoms with Crippen molar-refractivity contribution in [3.63, 3.8) is 0 Å². The van der Waals surface area contributed by atoms with Crippen molar-refractivity contribution in [3.8, 4) is 0 Å². The van der Waals surface area contributed by atoms with Gasteiger partial charge in [-0.2, -0.15) is 0 Å². The molecule has 0 atom stereocenters.